The van der Waals surface area contributed by atoms with Crippen molar-refractivity contribution in [3.05, 3.63) is 59.3 Å². The Kier molecular flexibility index (Phi) is 7.80. The molecule has 0 aromatic heterocycles. The number of rotatable bonds is 7. The lowest BCUT2D eigenvalue weighted by Gasteiger charge is -2.14. The lowest BCUT2D eigenvalue weighted by molar-refractivity contribution is -0.129. The Balaban J connectivity index is 1.97. The Hall–Kier alpha value is -1.33. The van der Waals surface area contributed by atoms with Crippen molar-refractivity contribution in [2.75, 3.05) is 13.2 Å². The van der Waals surface area contributed by atoms with Crippen LogP contribution in [0.2, 0.25) is 5.02 Å². The van der Waals surface area contributed by atoms with Gasteiger partial charge in [-0.25, -0.2) is 9.79 Å². The third-order valence-electron chi connectivity index (χ3n) is 3.86. The molecule has 0 N–H and O–H groups in total. The molecule has 0 unspecified atom stereocenters. The van der Waals surface area contributed by atoms with E-state index in [-0.39, 0.29) is 11.6 Å². The summed E-state index contributed by atoms with van der Waals surface area (Å²) in [6.07, 6.45) is 2.57. The molecule has 1 aliphatic heterocycles. The first-order valence-corrected chi connectivity index (χ1v) is 11.5. The van der Waals surface area contributed by atoms with Crippen LogP contribution in [0.25, 0.3) is 6.08 Å². The SMILES string of the molecule is CCCOc1c(I)cc(/C=C2\N=C(c3cc(I)ccc3Cl)OC2=O)cc1OCC. The highest BCUT2D eigenvalue weighted by molar-refractivity contribution is 14.1. The molecular formula is C21H18ClI2NO4. The number of hydrogen-bond donors (Lipinski definition) is 0. The number of cyclic esters (lactones) is 1. The second-order valence-electron chi connectivity index (χ2n) is 6.07. The first-order chi connectivity index (χ1) is 13.9. The molecule has 8 heteroatoms. The van der Waals surface area contributed by atoms with Gasteiger partial charge in [0, 0.05) is 3.57 Å². The molecule has 1 heterocycles. The monoisotopic (exact) mass is 637 g/mol. The topological polar surface area (TPSA) is 57.1 Å². The van der Waals surface area contributed by atoms with E-state index in [0.29, 0.717) is 35.3 Å². The van der Waals surface area contributed by atoms with Crippen LogP contribution >= 0.6 is 56.8 Å². The van der Waals surface area contributed by atoms with Crippen LogP contribution < -0.4 is 9.47 Å². The Bertz CT molecular complexity index is 1000. The minimum atomic E-state index is -0.519. The predicted molar refractivity (Wildman–Crippen MR) is 131 cm³/mol. The summed E-state index contributed by atoms with van der Waals surface area (Å²) in [6, 6.07) is 9.21. The maximum Gasteiger partial charge on any atom is 0.363 e. The van der Waals surface area contributed by atoms with Gasteiger partial charge < -0.3 is 14.2 Å². The molecule has 0 saturated carbocycles. The van der Waals surface area contributed by atoms with Crippen molar-refractivity contribution in [1.82, 2.24) is 0 Å². The zero-order valence-electron chi connectivity index (χ0n) is 15.8. The van der Waals surface area contributed by atoms with Crippen LogP contribution in [0.5, 0.6) is 11.5 Å². The van der Waals surface area contributed by atoms with E-state index in [2.05, 4.69) is 50.2 Å². The predicted octanol–water partition coefficient (Wildman–Crippen LogP) is 6.08. The smallest absolute Gasteiger partial charge is 0.363 e. The Morgan fingerprint density at radius 1 is 1.17 bits per heavy atom. The average molecular weight is 638 g/mol. The Morgan fingerprint density at radius 2 is 1.97 bits per heavy atom. The van der Waals surface area contributed by atoms with E-state index < -0.39 is 5.97 Å². The fourth-order valence-corrected chi connectivity index (χ4v) is 4.09. The fourth-order valence-electron chi connectivity index (χ4n) is 2.62. The summed E-state index contributed by atoms with van der Waals surface area (Å²) in [6.45, 7) is 5.08. The molecule has 0 aliphatic carbocycles. The summed E-state index contributed by atoms with van der Waals surface area (Å²) >= 11 is 10.6. The third-order valence-corrected chi connectivity index (χ3v) is 5.67. The molecule has 0 spiro atoms. The molecule has 0 saturated heterocycles. The highest BCUT2D eigenvalue weighted by Gasteiger charge is 2.26. The number of nitrogens with zero attached hydrogens (tertiary/aromatic N) is 1. The van der Waals surface area contributed by atoms with Gasteiger partial charge in [0.05, 0.1) is 27.4 Å². The molecule has 152 valence electrons. The van der Waals surface area contributed by atoms with Gasteiger partial charge in [-0.3, -0.25) is 0 Å². The van der Waals surface area contributed by atoms with Gasteiger partial charge in [0.2, 0.25) is 5.90 Å². The van der Waals surface area contributed by atoms with Gasteiger partial charge in [-0.05, 0) is 100 Å². The van der Waals surface area contributed by atoms with Gasteiger partial charge in [0.1, 0.15) is 0 Å². The van der Waals surface area contributed by atoms with Crippen LogP contribution in [0, 0.1) is 7.14 Å². The standard InChI is InChI=1S/C21H18ClI2NO4/c1-3-7-28-19-16(24)8-12(10-18(19)27-4-2)9-17-21(26)29-20(25-17)14-11-13(23)5-6-15(14)22/h5-6,8-11H,3-4,7H2,1-2H3/b17-9-. The van der Waals surface area contributed by atoms with Gasteiger partial charge >= 0.3 is 5.97 Å². The lowest BCUT2D eigenvalue weighted by Crippen LogP contribution is -2.06. The van der Waals surface area contributed by atoms with E-state index in [1.165, 1.54) is 0 Å². The van der Waals surface area contributed by atoms with Gasteiger partial charge in [-0.1, -0.05) is 18.5 Å². The number of aliphatic imine (C=N–C) groups is 1. The van der Waals surface area contributed by atoms with Crippen LogP contribution in [0.1, 0.15) is 31.4 Å². The Morgan fingerprint density at radius 3 is 2.69 bits per heavy atom. The molecule has 0 fully saturated rings. The van der Waals surface area contributed by atoms with Crippen molar-refractivity contribution in [2.45, 2.75) is 20.3 Å². The molecule has 0 radical (unpaired) electrons. The lowest BCUT2D eigenvalue weighted by atomic mass is 10.1. The minimum Gasteiger partial charge on any atom is -0.490 e. The quantitative estimate of drug-likeness (QED) is 0.210. The molecule has 0 atom stereocenters. The fraction of sp³-hybridized carbons (Fsp3) is 0.238. The van der Waals surface area contributed by atoms with E-state index in [0.717, 1.165) is 19.1 Å². The van der Waals surface area contributed by atoms with Crippen molar-refractivity contribution in [3.63, 3.8) is 0 Å². The molecule has 3 rings (SSSR count). The molecule has 29 heavy (non-hydrogen) atoms. The van der Waals surface area contributed by atoms with Crippen LogP contribution in [-0.4, -0.2) is 25.1 Å². The summed E-state index contributed by atoms with van der Waals surface area (Å²) in [5.74, 6) is 1.03. The number of halogens is 3. The van der Waals surface area contributed by atoms with Crippen LogP contribution in [0.4, 0.5) is 0 Å². The van der Waals surface area contributed by atoms with Crippen LogP contribution in [-0.2, 0) is 9.53 Å². The molecule has 0 bridgehead atoms. The van der Waals surface area contributed by atoms with Gasteiger partial charge in [0.25, 0.3) is 0 Å². The summed E-state index contributed by atoms with van der Waals surface area (Å²) in [5, 5.41) is 0.476. The van der Waals surface area contributed by atoms with Crippen molar-refractivity contribution in [2.24, 2.45) is 4.99 Å². The van der Waals surface area contributed by atoms with Crippen molar-refractivity contribution in [3.8, 4) is 11.5 Å². The maximum absolute atomic E-state index is 12.4. The van der Waals surface area contributed by atoms with Crippen LogP contribution in [0.3, 0.4) is 0 Å². The zero-order valence-corrected chi connectivity index (χ0v) is 20.9. The number of carbonyl (C=O) groups excluding carboxylic acids is 1. The minimum absolute atomic E-state index is 0.201. The summed E-state index contributed by atoms with van der Waals surface area (Å²) in [7, 11) is 0. The number of hydrogen-bond acceptors (Lipinski definition) is 5. The first kappa shape index (κ1) is 22.4. The van der Waals surface area contributed by atoms with E-state index in [9.17, 15) is 4.79 Å². The summed E-state index contributed by atoms with van der Waals surface area (Å²) < 4.78 is 18.8. The Labute approximate surface area is 201 Å². The first-order valence-electron chi connectivity index (χ1n) is 9.00. The van der Waals surface area contributed by atoms with Crippen molar-refractivity contribution in [1.29, 1.82) is 0 Å². The van der Waals surface area contributed by atoms with Gasteiger partial charge in [-0.2, -0.15) is 0 Å². The van der Waals surface area contributed by atoms with E-state index in [1.807, 2.05) is 38.1 Å². The normalized spacial score (nSPS) is 14.7. The van der Waals surface area contributed by atoms with Crippen molar-refractivity contribution >= 4 is 74.7 Å². The highest BCUT2D eigenvalue weighted by Crippen LogP contribution is 2.35. The van der Waals surface area contributed by atoms with Crippen molar-refractivity contribution < 1.29 is 19.0 Å². The molecule has 0 amide bonds. The maximum atomic E-state index is 12.4. The summed E-state index contributed by atoms with van der Waals surface area (Å²) in [4.78, 5) is 16.7. The number of esters is 1. The number of ether oxygens (including phenoxy) is 3. The molecule has 1 aliphatic rings. The second-order valence-corrected chi connectivity index (χ2v) is 8.89. The second kappa shape index (κ2) is 10.1. The average Bonchev–Trinajstić information content (AvgIpc) is 3.03. The van der Waals surface area contributed by atoms with Crippen LogP contribution in [0.15, 0.2) is 41.0 Å². The molecule has 5 nitrogen and oxygen atoms in total. The molecule has 2 aromatic rings. The molecule has 2 aromatic carbocycles. The number of benzene rings is 2. The molecular weight excluding hydrogens is 619 g/mol. The number of carbonyl (C=O) groups is 1. The van der Waals surface area contributed by atoms with E-state index in [1.54, 1.807) is 12.1 Å². The van der Waals surface area contributed by atoms with Gasteiger partial charge in [0.15, 0.2) is 17.2 Å². The third kappa shape index (κ3) is 5.43. The van der Waals surface area contributed by atoms with Gasteiger partial charge in [-0.15, -0.1) is 0 Å². The highest BCUT2D eigenvalue weighted by atomic mass is 127. The van der Waals surface area contributed by atoms with E-state index in [4.69, 9.17) is 25.8 Å². The summed E-state index contributed by atoms with van der Waals surface area (Å²) in [5.41, 5.74) is 1.56. The van der Waals surface area contributed by atoms with E-state index >= 15 is 0 Å². The largest absolute Gasteiger partial charge is 0.490 e. The zero-order chi connectivity index (χ0) is 21.0.